The fourth-order valence-corrected chi connectivity index (χ4v) is 4.48. The van der Waals surface area contributed by atoms with Crippen molar-refractivity contribution in [2.24, 2.45) is 0 Å². The molecule has 25 heavy (non-hydrogen) atoms. The number of rotatable bonds is 5. The molecular weight excluding hydrogens is 462 g/mol. The van der Waals surface area contributed by atoms with Gasteiger partial charge in [0.05, 0.1) is 8.95 Å². The van der Waals surface area contributed by atoms with Crippen LogP contribution in [0.15, 0.2) is 79.4 Å². The van der Waals surface area contributed by atoms with Gasteiger partial charge in [-0.25, -0.2) is 0 Å². The fourth-order valence-electron chi connectivity index (χ4n) is 2.35. The van der Waals surface area contributed by atoms with Crippen LogP contribution in [-0.4, -0.2) is 5.11 Å². The Labute approximate surface area is 168 Å². The van der Waals surface area contributed by atoms with Crippen LogP contribution < -0.4 is 5.32 Å². The molecule has 0 aliphatic rings. The van der Waals surface area contributed by atoms with Gasteiger partial charge in [-0.15, -0.1) is 0 Å². The molecule has 0 amide bonds. The third-order valence-electron chi connectivity index (χ3n) is 3.72. The van der Waals surface area contributed by atoms with Gasteiger partial charge < -0.3 is 10.4 Å². The number of aryl methyl sites for hydroxylation is 1. The van der Waals surface area contributed by atoms with Crippen LogP contribution in [0.5, 0.6) is 5.75 Å². The Balaban J connectivity index is 1.76. The minimum absolute atomic E-state index is 0.209. The zero-order chi connectivity index (χ0) is 17.8. The minimum atomic E-state index is 0.209. The molecule has 0 saturated heterocycles. The summed E-state index contributed by atoms with van der Waals surface area (Å²) in [6.07, 6.45) is 0. The Bertz CT molecular complexity index is 858. The van der Waals surface area contributed by atoms with Gasteiger partial charge in [0.15, 0.2) is 0 Å². The topological polar surface area (TPSA) is 32.3 Å². The second-order valence-electron chi connectivity index (χ2n) is 5.66. The lowest BCUT2D eigenvalue weighted by molar-refractivity contribution is 0.468. The predicted octanol–water partition coefficient (Wildman–Crippen LogP) is 6.99. The van der Waals surface area contributed by atoms with E-state index in [1.54, 1.807) is 11.8 Å². The standard InChI is InChI=1S/C20H17Br2NOS/c1-13-6-8-16(9-7-13)25-19-5-3-2-4-14(19)12-23-15-10-17(21)20(24)18(22)11-15/h2-11,23-24H,12H2,1H3. The summed E-state index contributed by atoms with van der Waals surface area (Å²) in [5, 5.41) is 13.2. The van der Waals surface area contributed by atoms with Crippen molar-refractivity contribution in [3.63, 3.8) is 0 Å². The molecule has 0 heterocycles. The number of hydrogen-bond acceptors (Lipinski definition) is 3. The first kappa shape index (κ1) is 18.4. The molecule has 5 heteroatoms. The summed E-state index contributed by atoms with van der Waals surface area (Å²) in [6.45, 7) is 2.80. The Morgan fingerprint density at radius 1 is 0.960 bits per heavy atom. The fraction of sp³-hybridized carbons (Fsp3) is 0.100. The highest BCUT2D eigenvalue weighted by Crippen LogP contribution is 2.36. The first-order valence-corrected chi connectivity index (χ1v) is 10.2. The number of benzene rings is 3. The van der Waals surface area contributed by atoms with E-state index in [-0.39, 0.29) is 5.75 Å². The van der Waals surface area contributed by atoms with E-state index in [2.05, 4.69) is 92.6 Å². The van der Waals surface area contributed by atoms with Crippen molar-refractivity contribution >= 4 is 49.3 Å². The maximum Gasteiger partial charge on any atom is 0.144 e. The average molecular weight is 479 g/mol. The summed E-state index contributed by atoms with van der Waals surface area (Å²) in [4.78, 5) is 2.46. The molecule has 0 aliphatic carbocycles. The monoisotopic (exact) mass is 477 g/mol. The van der Waals surface area contributed by atoms with Crippen LogP contribution in [0.4, 0.5) is 5.69 Å². The summed E-state index contributed by atoms with van der Waals surface area (Å²) in [6, 6.07) is 20.7. The maximum absolute atomic E-state index is 9.82. The zero-order valence-electron chi connectivity index (χ0n) is 13.6. The van der Waals surface area contributed by atoms with E-state index in [4.69, 9.17) is 0 Å². The zero-order valence-corrected chi connectivity index (χ0v) is 17.6. The van der Waals surface area contributed by atoms with Crippen LogP contribution in [0, 0.1) is 6.92 Å². The van der Waals surface area contributed by atoms with E-state index in [0.717, 1.165) is 5.69 Å². The summed E-state index contributed by atoms with van der Waals surface area (Å²) in [5.74, 6) is 0.209. The van der Waals surface area contributed by atoms with Gasteiger partial charge in [0.1, 0.15) is 5.75 Å². The molecule has 3 rings (SSSR count). The Morgan fingerprint density at radius 3 is 2.28 bits per heavy atom. The second-order valence-corrected chi connectivity index (χ2v) is 8.49. The molecule has 0 saturated carbocycles. The Morgan fingerprint density at radius 2 is 1.60 bits per heavy atom. The van der Waals surface area contributed by atoms with Crippen LogP contribution in [0.1, 0.15) is 11.1 Å². The van der Waals surface area contributed by atoms with Crippen LogP contribution >= 0.6 is 43.6 Å². The smallest absolute Gasteiger partial charge is 0.144 e. The molecule has 0 atom stereocenters. The largest absolute Gasteiger partial charge is 0.506 e. The van der Waals surface area contributed by atoms with Gasteiger partial charge in [-0.2, -0.15) is 0 Å². The predicted molar refractivity (Wildman–Crippen MR) is 113 cm³/mol. The van der Waals surface area contributed by atoms with Gasteiger partial charge in [0.25, 0.3) is 0 Å². The number of anilines is 1. The van der Waals surface area contributed by atoms with E-state index in [1.165, 1.54) is 20.9 Å². The number of phenolic OH excluding ortho intramolecular Hbond substituents is 1. The van der Waals surface area contributed by atoms with Crippen LogP contribution in [-0.2, 0) is 6.54 Å². The molecule has 2 nitrogen and oxygen atoms in total. The third-order valence-corrected chi connectivity index (χ3v) is 6.06. The normalized spacial score (nSPS) is 10.7. The second kappa shape index (κ2) is 8.30. The molecule has 3 aromatic rings. The van der Waals surface area contributed by atoms with Crippen molar-refractivity contribution in [2.45, 2.75) is 23.3 Å². The van der Waals surface area contributed by atoms with E-state index in [1.807, 2.05) is 12.1 Å². The Kier molecular flexibility index (Phi) is 6.10. The highest BCUT2D eigenvalue weighted by atomic mass is 79.9. The quantitative estimate of drug-likeness (QED) is 0.387. The lowest BCUT2D eigenvalue weighted by atomic mass is 10.2. The van der Waals surface area contributed by atoms with Crippen LogP contribution in [0.25, 0.3) is 0 Å². The van der Waals surface area contributed by atoms with Crippen molar-refractivity contribution in [1.29, 1.82) is 0 Å². The van der Waals surface area contributed by atoms with Gasteiger partial charge in [0.2, 0.25) is 0 Å². The van der Waals surface area contributed by atoms with Crippen molar-refractivity contribution < 1.29 is 5.11 Å². The van der Waals surface area contributed by atoms with E-state index >= 15 is 0 Å². The van der Waals surface area contributed by atoms with Gasteiger partial charge in [-0.3, -0.25) is 0 Å². The van der Waals surface area contributed by atoms with Crippen molar-refractivity contribution in [1.82, 2.24) is 0 Å². The lowest BCUT2D eigenvalue weighted by Gasteiger charge is -2.12. The Hall–Kier alpha value is -1.43. The average Bonchev–Trinajstić information content (AvgIpc) is 2.61. The van der Waals surface area contributed by atoms with Gasteiger partial charge in [0, 0.05) is 22.0 Å². The lowest BCUT2D eigenvalue weighted by Crippen LogP contribution is -2.01. The molecular formula is C20H17Br2NOS. The van der Waals surface area contributed by atoms with E-state index in [9.17, 15) is 5.11 Å². The first-order chi connectivity index (χ1) is 12.0. The van der Waals surface area contributed by atoms with Crippen molar-refractivity contribution in [2.75, 3.05) is 5.32 Å². The van der Waals surface area contributed by atoms with Gasteiger partial charge in [-0.1, -0.05) is 47.7 Å². The highest BCUT2D eigenvalue weighted by Gasteiger charge is 2.08. The van der Waals surface area contributed by atoms with Crippen LogP contribution in [0.3, 0.4) is 0 Å². The molecule has 0 unspecified atom stereocenters. The number of aromatic hydroxyl groups is 1. The summed E-state index contributed by atoms with van der Waals surface area (Å²) in [5.41, 5.74) is 3.43. The van der Waals surface area contributed by atoms with E-state index < -0.39 is 0 Å². The highest BCUT2D eigenvalue weighted by molar-refractivity contribution is 9.11. The maximum atomic E-state index is 9.82. The summed E-state index contributed by atoms with van der Waals surface area (Å²) < 4.78 is 1.32. The molecule has 0 bridgehead atoms. The molecule has 0 aromatic heterocycles. The summed E-state index contributed by atoms with van der Waals surface area (Å²) in [7, 11) is 0. The molecule has 3 aromatic carbocycles. The molecule has 128 valence electrons. The minimum Gasteiger partial charge on any atom is -0.506 e. The van der Waals surface area contributed by atoms with E-state index in [0.29, 0.717) is 15.5 Å². The molecule has 0 fully saturated rings. The van der Waals surface area contributed by atoms with Crippen LogP contribution in [0.2, 0.25) is 0 Å². The number of nitrogens with one attached hydrogen (secondary N) is 1. The SMILES string of the molecule is Cc1ccc(Sc2ccccc2CNc2cc(Br)c(O)c(Br)c2)cc1. The summed E-state index contributed by atoms with van der Waals surface area (Å²) >= 11 is 8.50. The third kappa shape index (κ3) is 4.81. The molecule has 2 N–H and O–H groups in total. The van der Waals surface area contributed by atoms with Crippen molar-refractivity contribution in [3.8, 4) is 5.75 Å². The number of phenols is 1. The number of halogens is 2. The van der Waals surface area contributed by atoms with Crippen molar-refractivity contribution in [3.05, 3.63) is 80.7 Å². The van der Waals surface area contributed by atoms with Gasteiger partial charge in [-0.05, 0) is 74.7 Å². The molecule has 0 spiro atoms. The first-order valence-electron chi connectivity index (χ1n) is 7.77. The van der Waals surface area contributed by atoms with Gasteiger partial charge >= 0.3 is 0 Å². The molecule has 0 aliphatic heterocycles. The number of hydrogen-bond donors (Lipinski definition) is 2. The molecule has 0 radical (unpaired) electrons.